The van der Waals surface area contributed by atoms with Crippen molar-refractivity contribution in [2.24, 2.45) is 0 Å². The van der Waals surface area contributed by atoms with Gasteiger partial charge in [-0.2, -0.15) is 10.4 Å². The maximum absolute atomic E-state index is 13.2. The number of benzene rings is 2. The van der Waals surface area contributed by atoms with E-state index in [1.165, 1.54) is 0 Å². The summed E-state index contributed by atoms with van der Waals surface area (Å²) in [7, 11) is 0. The van der Waals surface area contributed by atoms with Gasteiger partial charge in [0.15, 0.2) is 0 Å². The third-order valence-electron chi connectivity index (χ3n) is 4.80. The Kier molecular flexibility index (Phi) is 5.35. The van der Waals surface area contributed by atoms with Crippen molar-refractivity contribution in [3.63, 3.8) is 0 Å². The molecule has 1 N–H and O–H groups in total. The van der Waals surface area contributed by atoms with Gasteiger partial charge in [0.2, 0.25) is 0 Å². The molecule has 0 aliphatic heterocycles. The first kappa shape index (κ1) is 19.1. The molecule has 0 saturated heterocycles. The lowest BCUT2D eigenvalue weighted by atomic mass is 10.1. The number of nitrogens with one attached hydrogen (secondary N) is 1. The molecule has 1 unspecified atom stereocenters. The largest absolute Gasteiger partial charge is 0.345 e. The second-order valence-corrected chi connectivity index (χ2v) is 6.84. The monoisotopic (exact) mass is 393 g/mol. The highest BCUT2D eigenvalue weighted by molar-refractivity contribution is 6.00. The van der Waals surface area contributed by atoms with E-state index in [0.717, 1.165) is 16.8 Å². The zero-order valence-corrected chi connectivity index (χ0v) is 16.4. The Morgan fingerprint density at radius 2 is 1.83 bits per heavy atom. The lowest BCUT2D eigenvalue weighted by molar-refractivity contribution is 0.0940. The summed E-state index contributed by atoms with van der Waals surface area (Å²) in [6.07, 6.45) is 5.11. The maximum Gasteiger partial charge on any atom is 0.255 e. The van der Waals surface area contributed by atoms with Crippen LogP contribution in [-0.2, 0) is 0 Å². The molecule has 1 atom stereocenters. The fourth-order valence-electron chi connectivity index (χ4n) is 3.17. The summed E-state index contributed by atoms with van der Waals surface area (Å²) in [5, 5.41) is 16.6. The Labute approximate surface area is 174 Å². The highest BCUT2D eigenvalue weighted by Gasteiger charge is 2.20. The van der Waals surface area contributed by atoms with Crippen LogP contribution in [0.5, 0.6) is 0 Å². The van der Waals surface area contributed by atoms with E-state index in [2.05, 4.69) is 21.5 Å². The van der Waals surface area contributed by atoms with E-state index in [-0.39, 0.29) is 11.9 Å². The molecule has 0 spiro atoms. The molecule has 0 saturated carbocycles. The van der Waals surface area contributed by atoms with Crippen molar-refractivity contribution in [2.45, 2.75) is 13.0 Å². The van der Waals surface area contributed by atoms with Crippen LogP contribution in [-0.4, -0.2) is 20.7 Å². The molecular formula is C24H19N5O. The second-order valence-electron chi connectivity index (χ2n) is 6.84. The van der Waals surface area contributed by atoms with Crippen LogP contribution in [0.3, 0.4) is 0 Å². The van der Waals surface area contributed by atoms with Gasteiger partial charge in [0.05, 0.1) is 28.9 Å². The maximum atomic E-state index is 13.2. The van der Waals surface area contributed by atoms with E-state index in [9.17, 15) is 4.79 Å². The predicted molar refractivity (Wildman–Crippen MR) is 114 cm³/mol. The standard InChI is InChI=1S/C24H19N5O/c1-17(19-11-9-18(14-25)10-12-19)27-24(30)22-16-29(21-7-3-2-4-8-21)28-23(22)20-6-5-13-26-15-20/h2-13,15-17H,1H3,(H,27,30). The van der Waals surface area contributed by atoms with Crippen LogP contribution in [0.1, 0.15) is 34.5 Å². The molecule has 0 bridgehead atoms. The van der Waals surface area contributed by atoms with Crippen LogP contribution in [0.2, 0.25) is 0 Å². The van der Waals surface area contributed by atoms with Gasteiger partial charge in [0, 0.05) is 24.2 Å². The molecule has 6 heteroatoms. The van der Waals surface area contributed by atoms with Gasteiger partial charge in [-0.25, -0.2) is 4.68 Å². The number of rotatable bonds is 5. The van der Waals surface area contributed by atoms with Crippen LogP contribution in [0, 0.1) is 11.3 Å². The van der Waals surface area contributed by atoms with Crippen molar-refractivity contribution in [1.82, 2.24) is 20.1 Å². The van der Waals surface area contributed by atoms with Gasteiger partial charge in [0.25, 0.3) is 5.91 Å². The smallest absolute Gasteiger partial charge is 0.255 e. The molecule has 2 heterocycles. The minimum absolute atomic E-state index is 0.229. The Balaban J connectivity index is 1.67. The van der Waals surface area contributed by atoms with E-state index < -0.39 is 0 Å². The van der Waals surface area contributed by atoms with E-state index in [1.54, 1.807) is 35.4 Å². The first-order valence-corrected chi connectivity index (χ1v) is 9.52. The first-order valence-electron chi connectivity index (χ1n) is 9.52. The van der Waals surface area contributed by atoms with Crippen molar-refractivity contribution in [3.05, 3.63) is 102 Å². The molecule has 0 radical (unpaired) electrons. The number of nitriles is 1. The van der Waals surface area contributed by atoms with Gasteiger partial charge in [-0.1, -0.05) is 30.3 Å². The lowest BCUT2D eigenvalue weighted by Crippen LogP contribution is -2.26. The highest BCUT2D eigenvalue weighted by atomic mass is 16.1. The number of carbonyl (C=O) groups is 1. The Morgan fingerprint density at radius 1 is 1.07 bits per heavy atom. The fourth-order valence-corrected chi connectivity index (χ4v) is 3.17. The van der Waals surface area contributed by atoms with E-state index in [4.69, 9.17) is 5.26 Å². The number of aromatic nitrogens is 3. The molecule has 2 aromatic carbocycles. The Hall–Kier alpha value is -4.24. The van der Waals surface area contributed by atoms with Crippen LogP contribution < -0.4 is 5.32 Å². The zero-order chi connectivity index (χ0) is 20.9. The topological polar surface area (TPSA) is 83.6 Å². The number of carbonyl (C=O) groups excluding carboxylic acids is 1. The molecule has 0 aliphatic carbocycles. The summed E-state index contributed by atoms with van der Waals surface area (Å²) in [6.45, 7) is 1.91. The molecule has 4 aromatic rings. The molecule has 1 amide bonds. The number of hydrogen-bond donors (Lipinski definition) is 1. The third-order valence-corrected chi connectivity index (χ3v) is 4.80. The second kappa shape index (κ2) is 8.41. The SMILES string of the molecule is CC(NC(=O)c1cn(-c2ccccc2)nc1-c1cccnc1)c1ccc(C#N)cc1. The molecule has 6 nitrogen and oxygen atoms in total. The van der Waals surface area contributed by atoms with Crippen LogP contribution in [0.15, 0.2) is 85.3 Å². The highest BCUT2D eigenvalue weighted by Crippen LogP contribution is 2.24. The quantitative estimate of drug-likeness (QED) is 0.548. The molecule has 0 fully saturated rings. The van der Waals surface area contributed by atoms with E-state index in [0.29, 0.717) is 16.8 Å². The molecule has 4 rings (SSSR count). The third kappa shape index (κ3) is 3.96. The van der Waals surface area contributed by atoms with Gasteiger partial charge in [-0.05, 0) is 48.9 Å². The molecule has 30 heavy (non-hydrogen) atoms. The van der Waals surface area contributed by atoms with Gasteiger partial charge in [-0.3, -0.25) is 9.78 Å². The van der Waals surface area contributed by atoms with Gasteiger partial charge >= 0.3 is 0 Å². The summed E-state index contributed by atoms with van der Waals surface area (Å²) in [6, 6.07) is 22.4. The van der Waals surface area contributed by atoms with Crippen molar-refractivity contribution < 1.29 is 4.79 Å². The van der Waals surface area contributed by atoms with Gasteiger partial charge in [-0.15, -0.1) is 0 Å². The predicted octanol–water partition coefficient (Wildman–Crippen LogP) is 4.30. The van der Waals surface area contributed by atoms with Gasteiger partial charge in [0.1, 0.15) is 5.69 Å². The van der Waals surface area contributed by atoms with E-state index >= 15 is 0 Å². The number of nitrogens with zero attached hydrogens (tertiary/aromatic N) is 4. The van der Waals surface area contributed by atoms with Crippen LogP contribution >= 0.6 is 0 Å². The van der Waals surface area contributed by atoms with Crippen molar-refractivity contribution >= 4 is 5.91 Å². The summed E-state index contributed by atoms with van der Waals surface area (Å²) < 4.78 is 1.70. The normalized spacial score (nSPS) is 11.5. The Morgan fingerprint density at radius 3 is 2.50 bits per heavy atom. The summed E-state index contributed by atoms with van der Waals surface area (Å²) >= 11 is 0. The average molecular weight is 393 g/mol. The lowest BCUT2D eigenvalue weighted by Gasteiger charge is -2.14. The van der Waals surface area contributed by atoms with E-state index in [1.807, 2.05) is 61.5 Å². The number of para-hydroxylation sites is 1. The first-order chi connectivity index (χ1) is 14.7. The molecule has 0 aliphatic rings. The van der Waals surface area contributed by atoms with Crippen molar-refractivity contribution in [2.75, 3.05) is 0 Å². The average Bonchev–Trinajstić information content (AvgIpc) is 3.26. The van der Waals surface area contributed by atoms with Crippen LogP contribution in [0.25, 0.3) is 16.9 Å². The molecule has 146 valence electrons. The van der Waals surface area contributed by atoms with Crippen molar-refractivity contribution in [1.29, 1.82) is 5.26 Å². The number of pyridine rings is 1. The molecule has 2 aromatic heterocycles. The summed E-state index contributed by atoms with van der Waals surface area (Å²) in [4.78, 5) is 17.3. The number of amides is 1. The zero-order valence-electron chi connectivity index (χ0n) is 16.4. The minimum Gasteiger partial charge on any atom is -0.345 e. The molecular weight excluding hydrogens is 374 g/mol. The van der Waals surface area contributed by atoms with Crippen LogP contribution in [0.4, 0.5) is 0 Å². The number of hydrogen-bond acceptors (Lipinski definition) is 4. The summed E-state index contributed by atoms with van der Waals surface area (Å²) in [5.41, 5.74) is 4.16. The minimum atomic E-state index is -0.230. The fraction of sp³-hybridized carbons (Fsp3) is 0.0833. The summed E-state index contributed by atoms with van der Waals surface area (Å²) in [5.74, 6) is -0.229. The van der Waals surface area contributed by atoms with Gasteiger partial charge < -0.3 is 5.32 Å². The Bertz CT molecular complexity index is 1190. The van der Waals surface area contributed by atoms with Crippen molar-refractivity contribution in [3.8, 4) is 23.0 Å².